The molecule has 0 unspecified atom stereocenters. The monoisotopic (exact) mass is 321 g/mol. The van der Waals surface area contributed by atoms with Crippen molar-refractivity contribution < 1.29 is 14.1 Å². The number of nitrogens with zero attached hydrogens (tertiary/aromatic N) is 4. The summed E-state index contributed by atoms with van der Waals surface area (Å²) >= 11 is 0. The van der Waals surface area contributed by atoms with Gasteiger partial charge in [-0.1, -0.05) is 13.8 Å². The van der Waals surface area contributed by atoms with Crippen molar-refractivity contribution in [3.63, 3.8) is 0 Å². The fourth-order valence-electron chi connectivity index (χ4n) is 2.13. The zero-order chi connectivity index (χ0) is 17.1. The van der Waals surface area contributed by atoms with Crippen molar-refractivity contribution in [3.8, 4) is 0 Å². The van der Waals surface area contributed by atoms with Crippen LogP contribution in [0, 0.1) is 15.9 Å². The van der Waals surface area contributed by atoms with E-state index in [0.29, 0.717) is 11.9 Å². The normalized spacial score (nSPS) is 10.8. The van der Waals surface area contributed by atoms with Gasteiger partial charge in [0.05, 0.1) is 17.5 Å². The topological polar surface area (TPSA) is 103 Å². The first-order chi connectivity index (χ1) is 10.8. The second-order valence-corrected chi connectivity index (χ2v) is 5.29. The molecule has 0 saturated carbocycles. The minimum Gasteiger partial charge on any atom is -0.345 e. The van der Waals surface area contributed by atoms with E-state index in [4.69, 9.17) is 0 Å². The van der Waals surface area contributed by atoms with Crippen LogP contribution in [-0.4, -0.2) is 25.6 Å². The molecule has 1 amide bonds. The number of carbonyl (C=O) groups is 1. The van der Waals surface area contributed by atoms with Crippen molar-refractivity contribution in [2.75, 3.05) is 0 Å². The number of amides is 1. The fourth-order valence-corrected chi connectivity index (χ4v) is 2.13. The van der Waals surface area contributed by atoms with Crippen molar-refractivity contribution in [1.82, 2.24) is 20.1 Å². The molecule has 9 heteroatoms. The predicted molar refractivity (Wildman–Crippen MR) is 79.3 cm³/mol. The number of nitrogens with one attached hydrogen (secondary N) is 1. The Labute approximate surface area is 131 Å². The van der Waals surface area contributed by atoms with E-state index < -0.39 is 22.3 Å². The van der Waals surface area contributed by atoms with Crippen LogP contribution in [0.25, 0.3) is 0 Å². The van der Waals surface area contributed by atoms with E-state index in [1.165, 1.54) is 0 Å². The Morgan fingerprint density at radius 1 is 1.43 bits per heavy atom. The molecular formula is C14H16FN5O3. The molecule has 1 aromatic heterocycles. The van der Waals surface area contributed by atoms with Gasteiger partial charge in [0.15, 0.2) is 5.82 Å². The summed E-state index contributed by atoms with van der Waals surface area (Å²) in [4.78, 5) is 22.2. The third kappa shape index (κ3) is 3.50. The largest absolute Gasteiger partial charge is 0.345 e. The second-order valence-electron chi connectivity index (χ2n) is 5.29. The molecule has 1 aromatic carbocycles. The van der Waals surface area contributed by atoms with Crippen LogP contribution < -0.4 is 5.32 Å². The lowest BCUT2D eigenvalue weighted by molar-refractivity contribution is -0.385. The van der Waals surface area contributed by atoms with Gasteiger partial charge in [-0.25, -0.2) is 4.39 Å². The van der Waals surface area contributed by atoms with Crippen molar-refractivity contribution >= 4 is 11.6 Å². The van der Waals surface area contributed by atoms with Crippen LogP contribution >= 0.6 is 0 Å². The minimum absolute atomic E-state index is 0.0591. The predicted octanol–water partition coefficient (Wildman–Crippen LogP) is 1.92. The maximum absolute atomic E-state index is 13.1. The number of hydrogen-bond acceptors (Lipinski definition) is 5. The summed E-state index contributed by atoms with van der Waals surface area (Å²) in [5.41, 5.74) is -0.786. The van der Waals surface area contributed by atoms with E-state index in [9.17, 15) is 19.3 Å². The summed E-state index contributed by atoms with van der Waals surface area (Å²) in [6, 6.07) is 2.80. The van der Waals surface area contributed by atoms with Gasteiger partial charge in [0.25, 0.3) is 11.6 Å². The van der Waals surface area contributed by atoms with Crippen LogP contribution in [0.3, 0.4) is 0 Å². The highest BCUT2D eigenvalue weighted by atomic mass is 19.1. The first-order valence-corrected chi connectivity index (χ1v) is 6.91. The van der Waals surface area contributed by atoms with E-state index in [1.54, 1.807) is 11.6 Å². The molecule has 0 aliphatic heterocycles. The number of halogens is 1. The third-order valence-corrected chi connectivity index (χ3v) is 3.32. The number of nitro benzene ring substituents is 1. The lowest BCUT2D eigenvalue weighted by atomic mass is 10.1. The van der Waals surface area contributed by atoms with Crippen molar-refractivity contribution in [2.24, 2.45) is 7.05 Å². The van der Waals surface area contributed by atoms with Gasteiger partial charge >= 0.3 is 0 Å². The average molecular weight is 321 g/mol. The Hall–Kier alpha value is -2.84. The van der Waals surface area contributed by atoms with Gasteiger partial charge in [-0.3, -0.25) is 14.9 Å². The van der Waals surface area contributed by atoms with Gasteiger partial charge in [-0.2, -0.15) is 0 Å². The summed E-state index contributed by atoms with van der Waals surface area (Å²) in [5, 5.41) is 21.5. The zero-order valence-electron chi connectivity index (χ0n) is 12.9. The second kappa shape index (κ2) is 6.51. The molecule has 0 saturated heterocycles. The Balaban J connectivity index is 2.16. The van der Waals surface area contributed by atoms with E-state index in [1.807, 2.05) is 13.8 Å². The number of hydrogen-bond donors (Lipinski definition) is 1. The van der Waals surface area contributed by atoms with Crippen molar-refractivity contribution in [3.05, 3.63) is 51.3 Å². The van der Waals surface area contributed by atoms with Crippen molar-refractivity contribution in [1.29, 1.82) is 0 Å². The van der Waals surface area contributed by atoms with E-state index in [0.717, 1.165) is 18.0 Å². The van der Waals surface area contributed by atoms with Gasteiger partial charge in [-0.15, -0.1) is 10.2 Å². The molecule has 2 aromatic rings. The molecule has 8 nitrogen and oxygen atoms in total. The number of rotatable bonds is 5. The van der Waals surface area contributed by atoms with Crippen LogP contribution in [0.4, 0.5) is 10.1 Å². The summed E-state index contributed by atoms with van der Waals surface area (Å²) in [6.07, 6.45) is 0. The highest BCUT2D eigenvalue weighted by Crippen LogP contribution is 2.19. The summed E-state index contributed by atoms with van der Waals surface area (Å²) in [6.45, 7) is 3.99. The Kier molecular flexibility index (Phi) is 4.68. The highest BCUT2D eigenvalue weighted by molar-refractivity contribution is 5.98. The maximum atomic E-state index is 13.1. The Bertz CT molecular complexity index is 757. The quantitative estimate of drug-likeness (QED) is 0.669. The van der Waals surface area contributed by atoms with Crippen LogP contribution in [0.5, 0.6) is 0 Å². The summed E-state index contributed by atoms with van der Waals surface area (Å²) < 4.78 is 14.8. The van der Waals surface area contributed by atoms with Gasteiger partial charge in [0.1, 0.15) is 17.2 Å². The number of nitro groups is 1. The first-order valence-electron chi connectivity index (χ1n) is 6.91. The smallest absolute Gasteiger partial charge is 0.285 e. The summed E-state index contributed by atoms with van der Waals surface area (Å²) in [5.74, 6) is 0.0119. The Morgan fingerprint density at radius 3 is 2.70 bits per heavy atom. The van der Waals surface area contributed by atoms with E-state index in [-0.39, 0.29) is 18.0 Å². The lowest BCUT2D eigenvalue weighted by Crippen LogP contribution is -2.25. The molecule has 0 bridgehead atoms. The standard InChI is InChI=1S/C14H16FN5O3/c1-8(2)13-18-17-12(19(13)3)7-16-14(21)10-5-4-9(15)6-11(10)20(22)23/h4-6,8H,7H2,1-3H3,(H,16,21). The van der Waals surface area contributed by atoms with Crippen LogP contribution in [-0.2, 0) is 13.6 Å². The molecule has 0 aliphatic rings. The van der Waals surface area contributed by atoms with Gasteiger partial charge < -0.3 is 9.88 Å². The maximum Gasteiger partial charge on any atom is 0.285 e. The van der Waals surface area contributed by atoms with Gasteiger partial charge in [0.2, 0.25) is 0 Å². The molecule has 122 valence electrons. The van der Waals surface area contributed by atoms with Crippen LogP contribution in [0.15, 0.2) is 18.2 Å². The minimum atomic E-state index is -0.794. The highest BCUT2D eigenvalue weighted by Gasteiger charge is 2.21. The SMILES string of the molecule is CC(C)c1nnc(CNC(=O)c2ccc(F)cc2[N+](=O)[O-])n1C. The lowest BCUT2D eigenvalue weighted by Gasteiger charge is -2.08. The molecule has 2 rings (SSSR count). The molecule has 23 heavy (non-hydrogen) atoms. The molecule has 0 aliphatic carbocycles. The molecule has 0 spiro atoms. The van der Waals surface area contributed by atoms with E-state index in [2.05, 4.69) is 15.5 Å². The van der Waals surface area contributed by atoms with Gasteiger partial charge in [0, 0.05) is 13.0 Å². The molecule has 0 atom stereocenters. The summed E-state index contributed by atoms with van der Waals surface area (Å²) in [7, 11) is 1.77. The number of benzene rings is 1. The van der Waals surface area contributed by atoms with E-state index >= 15 is 0 Å². The zero-order valence-corrected chi connectivity index (χ0v) is 12.9. The molecule has 0 radical (unpaired) electrons. The fraction of sp³-hybridized carbons (Fsp3) is 0.357. The average Bonchev–Trinajstić information content (AvgIpc) is 2.85. The Morgan fingerprint density at radius 2 is 2.13 bits per heavy atom. The molecular weight excluding hydrogens is 305 g/mol. The number of aromatic nitrogens is 3. The molecule has 1 N–H and O–H groups in total. The van der Waals surface area contributed by atoms with Crippen molar-refractivity contribution in [2.45, 2.75) is 26.3 Å². The third-order valence-electron chi connectivity index (χ3n) is 3.32. The first kappa shape index (κ1) is 16.5. The number of carbonyl (C=O) groups excluding carboxylic acids is 1. The molecule has 1 heterocycles. The van der Waals surface area contributed by atoms with Gasteiger partial charge in [-0.05, 0) is 12.1 Å². The molecule has 0 fully saturated rings. The van der Waals surface area contributed by atoms with Crippen LogP contribution in [0.2, 0.25) is 0 Å². The van der Waals surface area contributed by atoms with Crippen LogP contribution in [0.1, 0.15) is 41.8 Å².